The van der Waals surface area contributed by atoms with Gasteiger partial charge in [0.25, 0.3) is 5.69 Å². The first-order valence-corrected chi connectivity index (χ1v) is 6.12. The monoisotopic (exact) mass is 319 g/mol. The molecule has 0 saturated heterocycles. The lowest BCUT2D eigenvalue weighted by Gasteiger charge is -2.08. The highest BCUT2D eigenvalue weighted by atomic mass is 35.5. The third kappa shape index (κ3) is 2.81. The summed E-state index contributed by atoms with van der Waals surface area (Å²) in [7, 11) is 0. The summed E-state index contributed by atoms with van der Waals surface area (Å²) in [5.41, 5.74) is -0.0625. The molecule has 2 aromatic rings. The van der Waals surface area contributed by atoms with Crippen LogP contribution in [0.1, 0.15) is 0 Å². The number of hydrogen-bond acceptors (Lipinski definition) is 2. The molecule has 0 radical (unpaired) electrons. The van der Waals surface area contributed by atoms with Gasteiger partial charge in [0, 0.05) is 28.3 Å². The van der Waals surface area contributed by atoms with Gasteiger partial charge >= 0.3 is 0 Å². The van der Waals surface area contributed by atoms with E-state index in [1.807, 2.05) is 0 Å². The molecule has 0 fully saturated rings. The largest absolute Gasteiger partial charge is 0.270 e. The van der Waals surface area contributed by atoms with Crippen molar-refractivity contribution in [2.75, 3.05) is 0 Å². The second kappa shape index (κ2) is 5.33. The zero-order valence-electron chi connectivity index (χ0n) is 9.16. The van der Waals surface area contributed by atoms with Crippen molar-refractivity contribution in [2.45, 2.75) is 0 Å². The highest BCUT2D eigenvalue weighted by Gasteiger charge is 2.16. The Hall–Kier alpha value is -1.36. The number of nitro benzene ring substituents is 1. The smallest absolute Gasteiger partial charge is 0.258 e. The van der Waals surface area contributed by atoms with Crippen LogP contribution < -0.4 is 0 Å². The maximum Gasteiger partial charge on any atom is 0.270 e. The zero-order valence-corrected chi connectivity index (χ0v) is 11.4. The minimum Gasteiger partial charge on any atom is -0.258 e. The molecule has 0 unspecified atom stereocenters. The predicted octanol–water partition coefficient (Wildman–Crippen LogP) is 5.36. The van der Waals surface area contributed by atoms with E-state index in [1.54, 1.807) is 0 Å². The number of nitrogens with zero attached hydrogens (tertiary/aromatic N) is 1. The van der Waals surface area contributed by atoms with Crippen LogP contribution in [0.25, 0.3) is 11.1 Å². The molecule has 0 aliphatic heterocycles. The average molecular weight is 321 g/mol. The van der Waals surface area contributed by atoms with Crippen LogP contribution in [0.2, 0.25) is 15.1 Å². The lowest BCUT2D eigenvalue weighted by atomic mass is 10.0. The molecule has 0 N–H and O–H groups in total. The molecule has 98 valence electrons. The Balaban J connectivity index is 2.71. The zero-order chi connectivity index (χ0) is 14.2. The van der Waals surface area contributed by atoms with Gasteiger partial charge in [-0.25, -0.2) is 4.39 Å². The van der Waals surface area contributed by atoms with Crippen molar-refractivity contribution in [3.8, 4) is 11.1 Å². The van der Waals surface area contributed by atoms with Crippen molar-refractivity contribution in [3.63, 3.8) is 0 Å². The Kier molecular flexibility index (Phi) is 3.94. The fraction of sp³-hybridized carbons (Fsp3) is 0. The van der Waals surface area contributed by atoms with E-state index in [2.05, 4.69) is 0 Å². The summed E-state index contributed by atoms with van der Waals surface area (Å²) in [5.74, 6) is -0.647. The Bertz CT molecular complexity index is 676. The molecule has 0 atom stereocenters. The third-order valence-corrected chi connectivity index (χ3v) is 3.46. The molecule has 0 aromatic heterocycles. The second-order valence-corrected chi connectivity index (χ2v) is 4.89. The van der Waals surface area contributed by atoms with Gasteiger partial charge in [0.2, 0.25) is 0 Å². The van der Waals surface area contributed by atoms with Crippen LogP contribution in [-0.2, 0) is 0 Å². The topological polar surface area (TPSA) is 43.1 Å². The quantitative estimate of drug-likeness (QED) is 0.424. The Labute approximate surface area is 122 Å². The minimum atomic E-state index is -0.647. The number of halogens is 4. The summed E-state index contributed by atoms with van der Waals surface area (Å²) in [6.45, 7) is 0. The summed E-state index contributed by atoms with van der Waals surface area (Å²) in [6, 6.07) is 5.96. The van der Waals surface area contributed by atoms with Crippen LogP contribution in [0.3, 0.4) is 0 Å². The Morgan fingerprint density at radius 1 is 1.05 bits per heavy atom. The normalized spacial score (nSPS) is 10.5. The number of nitro groups is 1. The molecule has 0 amide bonds. The van der Waals surface area contributed by atoms with Crippen LogP contribution >= 0.6 is 34.8 Å². The van der Waals surface area contributed by atoms with E-state index in [-0.39, 0.29) is 31.9 Å². The first-order chi connectivity index (χ1) is 8.90. The van der Waals surface area contributed by atoms with Gasteiger partial charge in [-0.2, -0.15) is 0 Å². The van der Waals surface area contributed by atoms with Crippen molar-refractivity contribution in [1.82, 2.24) is 0 Å². The number of hydrogen-bond donors (Lipinski definition) is 0. The van der Waals surface area contributed by atoms with Gasteiger partial charge in [-0.3, -0.25) is 10.1 Å². The molecule has 0 heterocycles. The lowest BCUT2D eigenvalue weighted by molar-refractivity contribution is -0.384. The van der Waals surface area contributed by atoms with Crippen molar-refractivity contribution in [2.24, 2.45) is 0 Å². The highest BCUT2D eigenvalue weighted by Crippen LogP contribution is 2.38. The fourth-order valence-corrected chi connectivity index (χ4v) is 2.29. The van der Waals surface area contributed by atoms with E-state index >= 15 is 0 Å². The van der Waals surface area contributed by atoms with Crippen LogP contribution in [0.15, 0.2) is 30.3 Å². The van der Waals surface area contributed by atoms with Gasteiger partial charge < -0.3 is 0 Å². The Morgan fingerprint density at radius 3 is 2.37 bits per heavy atom. The second-order valence-electron chi connectivity index (χ2n) is 3.67. The van der Waals surface area contributed by atoms with Gasteiger partial charge in [-0.15, -0.1) is 0 Å². The van der Waals surface area contributed by atoms with Crippen LogP contribution in [-0.4, -0.2) is 4.92 Å². The molecule has 0 saturated carbocycles. The van der Waals surface area contributed by atoms with Gasteiger partial charge in [0.15, 0.2) is 0 Å². The van der Waals surface area contributed by atoms with Gasteiger partial charge in [0.1, 0.15) is 5.82 Å². The van der Waals surface area contributed by atoms with E-state index in [0.29, 0.717) is 0 Å². The third-order valence-electron chi connectivity index (χ3n) is 2.44. The molecular weight excluding hydrogens is 315 g/mol. The molecule has 7 heteroatoms. The van der Waals surface area contributed by atoms with E-state index in [1.165, 1.54) is 12.1 Å². The molecule has 0 spiro atoms. The van der Waals surface area contributed by atoms with Crippen molar-refractivity contribution < 1.29 is 9.31 Å². The molecule has 19 heavy (non-hydrogen) atoms. The number of non-ortho nitro benzene ring substituents is 1. The summed E-state index contributed by atoms with van der Waals surface area (Å²) in [4.78, 5) is 10.1. The van der Waals surface area contributed by atoms with E-state index < -0.39 is 10.7 Å². The number of benzene rings is 2. The molecular formula is C12H5Cl3FNO2. The average Bonchev–Trinajstić information content (AvgIpc) is 2.34. The van der Waals surface area contributed by atoms with Gasteiger partial charge in [-0.1, -0.05) is 34.8 Å². The van der Waals surface area contributed by atoms with E-state index in [4.69, 9.17) is 34.8 Å². The molecule has 0 bridgehead atoms. The maximum atomic E-state index is 13.8. The standard InChI is InChI=1S/C12H5Cl3FNO2/c13-6-3-9(12(15)10(14)4-6)8-5-7(17(18)19)1-2-11(8)16/h1-5H. The molecule has 2 aromatic carbocycles. The first kappa shape index (κ1) is 14.1. The van der Waals surface area contributed by atoms with Crippen molar-refractivity contribution in [1.29, 1.82) is 0 Å². The predicted molar refractivity (Wildman–Crippen MR) is 73.5 cm³/mol. The summed E-state index contributed by atoms with van der Waals surface area (Å²) in [5, 5.41) is 11.2. The molecule has 0 aliphatic rings. The molecule has 3 nitrogen and oxygen atoms in total. The fourth-order valence-electron chi connectivity index (χ4n) is 1.59. The van der Waals surface area contributed by atoms with Crippen LogP contribution in [0.4, 0.5) is 10.1 Å². The first-order valence-electron chi connectivity index (χ1n) is 4.99. The van der Waals surface area contributed by atoms with Crippen LogP contribution in [0.5, 0.6) is 0 Å². The maximum absolute atomic E-state index is 13.8. The van der Waals surface area contributed by atoms with Crippen LogP contribution in [0, 0.1) is 15.9 Å². The summed E-state index contributed by atoms with van der Waals surface area (Å²) in [6.07, 6.45) is 0. The highest BCUT2D eigenvalue weighted by molar-refractivity contribution is 6.45. The van der Waals surface area contributed by atoms with Gasteiger partial charge in [0.05, 0.1) is 15.0 Å². The van der Waals surface area contributed by atoms with Crippen molar-refractivity contribution >= 4 is 40.5 Å². The Morgan fingerprint density at radius 2 is 1.74 bits per heavy atom. The van der Waals surface area contributed by atoms with E-state index in [9.17, 15) is 14.5 Å². The summed E-state index contributed by atoms with van der Waals surface area (Å²) < 4.78 is 13.8. The van der Waals surface area contributed by atoms with E-state index in [0.717, 1.165) is 18.2 Å². The molecule has 0 aliphatic carbocycles. The van der Waals surface area contributed by atoms with Gasteiger partial charge in [-0.05, 0) is 18.2 Å². The SMILES string of the molecule is O=[N+]([O-])c1ccc(F)c(-c2cc(Cl)cc(Cl)c2Cl)c1. The van der Waals surface area contributed by atoms with Crippen molar-refractivity contribution in [3.05, 3.63) is 61.3 Å². The lowest BCUT2D eigenvalue weighted by Crippen LogP contribution is -1.92. The summed E-state index contributed by atoms with van der Waals surface area (Å²) >= 11 is 17.7. The number of rotatable bonds is 2. The molecule has 2 rings (SSSR count). The minimum absolute atomic E-state index is 0.0244.